The van der Waals surface area contributed by atoms with Gasteiger partial charge in [0.15, 0.2) is 0 Å². The summed E-state index contributed by atoms with van der Waals surface area (Å²) in [5.41, 5.74) is 1.25. The Balaban J connectivity index is 1.50. The molecular formula is C20H26N2O3. The summed E-state index contributed by atoms with van der Waals surface area (Å²) in [7, 11) is 0. The predicted molar refractivity (Wildman–Crippen MR) is 95.6 cm³/mol. The molecule has 0 amide bonds. The fraction of sp³-hybridized carbons (Fsp3) is 0.500. The molecule has 1 fully saturated rings. The Kier molecular flexibility index (Phi) is 5.87. The number of oxazole rings is 1. The maximum absolute atomic E-state index is 12.3. The third-order valence-corrected chi connectivity index (χ3v) is 4.49. The molecule has 25 heavy (non-hydrogen) atoms. The molecule has 2 aromatic rings. The highest BCUT2D eigenvalue weighted by Gasteiger charge is 2.28. The number of hydrogen-bond acceptors (Lipinski definition) is 5. The van der Waals surface area contributed by atoms with Crippen LogP contribution in [0.25, 0.3) is 0 Å². The van der Waals surface area contributed by atoms with Crippen LogP contribution in [-0.2, 0) is 6.54 Å². The number of carbonyl (C=O) groups is 1. The summed E-state index contributed by atoms with van der Waals surface area (Å²) in [6, 6.07) is 8.30. The van der Waals surface area contributed by atoms with Crippen LogP contribution in [0.3, 0.4) is 0 Å². The van der Waals surface area contributed by atoms with E-state index in [1.54, 1.807) is 0 Å². The third kappa shape index (κ3) is 4.92. The summed E-state index contributed by atoms with van der Waals surface area (Å²) >= 11 is 0. The molecule has 5 heteroatoms. The molecule has 0 aliphatic carbocycles. The van der Waals surface area contributed by atoms with Gasteiger partial charge in [-0.2, -0.15) is 0 Å². The molecule has 134 valence electrons. The topological polar surface area (TPSA) is 55.6 Å². The van der Waals surface area contributed by atoms with Crippen LogP contribution in [0.15, 0.2) is 41.1 Å². The van der Waals surface area contributed by atoms with Gasteiger partial charge in [-0.05, 0) is 49.5 Å². The lowest BCUT2D eigenvalue weighted by atomic mass is 9.92. The Labute approximate surface area is 149 Å². The number of Topliss-reactive ketones (excluding diaryl/α,β-unsaturated/α-hetero) is 1. The zero-order valence-corrected chi connectivity index (χ0v) is 15.0. The van der Waals surface area contributed by atoms with Crippen LogP contribution in [-0.4, -0.2) is 35.4 Å². The minimum atomic E-state index is 0.0237. The Morgan fingerprint density at radius 2 is 2.16 bits per heavy atom. The highest BCUT2D eigenvalue weighted by Crippen LogP contribution is 2.23. The van der Waals surface area contributed by atoms with E-state index >= 15 is 0 Å². The highest BCUT2D eigenvalue weighted by atomic mass is 16.5. The lowest BCUT2D eigenvalue weighted by Gasteiger charge is -2.30. The minimum Gasteiger partial charge on any atom is -0.493 e. The summed E-state index contributed by atoms with van der Waals surface area (Å²) < 4.78 is 10.9. The normalized spacial score (nSPS) is 16.3. The summed E-state index contributed by atoms with van der Waals surface area (Å²) in [6.07, 6.45) is 4.68. The van der Waals surface area contributed by atoms with Gasteiger partial charge in [-0.15, -0.1) is 0 Å². The van der Waals surface area contributed by atoms with Crippen LogP contribution in [0.4, 0.5) is 0 Å². The van der Waals surface area contributed by atoms with Gasteiger partial charge in [0, 0.05) is 12.5 Å². The molecule has 0 bridgehead atoms. The van der Waals surface area contributed by atoms with Crippen LogP contribution in [0.2, 0.25) is 0 Å². The highest BCUT2D eigenvalue weighted by molar-refractivity contribution is 5.93. The molecule has 1 saturated heterocycles. The maximum Gasteiger partial charge on any atom is 0.263 e. The second kappa shape index (κ2) is 8.30. The number of ketones is 1. The number of ether oxygens (including phenoxy) is 1. The molecule has 1 aromatic carbocycles. The number of carbonyl (C=O) groups excluding carboxylic acids is 1. The van der Waals surface area contributed by atoms with Gasteiger partial charge >= 0.3 is 0 Å². The van der Waals surface area contributed by atoms with E-state index in [4.69, 9.17) is 9.15 Å². The average molecular weight is 342 g/mol. The largest absolute Gasteiger partial charge is 0.493 e. The van der Waals surface area contributed by atoms with Crippen LogP contribution >= 0.6 is 0 Å². The molecule has 2 heterocycles. The van der Waals surface area contributed by atoms with Crippen molar-refractivity contribution in [3.63, 3.8) is 0 Å². The van der Waals surface area contributed by atoms with Crippen molar-refractivity contribution in [2.45, 2.75) is 33.2 Å². The van der Waals surface area contributed by atoms with E-state index < -0.39 is 0 Å². The Bertz CT molecular complexity index is 674. The van der Waals surface area contributed by atoms with Gasteiger partial charge in [0.2, 0.25) is 5.78 Å². The van der Waals surface area contributed by atoms with E-state index in [2.05, 4.69) is 35.9 Å². The van der Waals surface area contributed by atoms with Gasteiger partial charge in [-0.1, -0.05) is 26.0 Å². The quantitative estimate of drug-likeness (QED) is 0.716. The molecule has 0 atom stereocenters. The molecule has 5 nitrogen and oxygen atoms in total. The Morgan fingerprint density at radius 1 is 1.36 bits per heavy atom. The molecular weight excluding hydrogens is 316 g/mol. The fourth-order valence-electron chi connectivity index (χ4n) is 3.13. The standard InChI is InChI=1S/C20H26N2O3/c1-15(2)14-25-18-5-3-4-16(12-18)13-22-9-6-17(7-10-22)19(23)20-21-8-11-24-20/h3-5,8,11-12,15,17H,6-7,9-10,13-14H2,1-2H3. The molecule has 0 radical (unpaired) electrons. The molecule has 0 spiro atoms. The predicted octanol–water partition coefficient (Wildman–Crippen LogP) is 3.80. The van der Waals surface area contributed by atoms with Gasteiger partial charge in [-0.25, -0.2) is 4.98 Å². The SMILES string of the molecule is CC(C)COc1cccc(CN2CCC(C(=O)c3ncco3)CC2)c1. The van der Waals surface area contributed by atoms with Crippen LogP contribution in [0, 0.1) is 11.8 Å². The average Bonchev–Trinajstić information content (AvgIpc) is 3.15. The Hall–Kier alpha value is -2.14. The third-order valence-electron chi connectivity index (χ3n) is 4.49. The van der Waals surface area contributed by atoms with Gasteiger partial charge in [0.05, 0.1) is 12.8 Å². The maximum atomic E-state index is 12.3. The van der Waals surface area contributed by atoms with E-state index in [1.165, 1.54) is 18.0 Å². The Morgan fingerprint density at radius 3 is 2.84 bits per heavy atom. The van der Waals surface area contributed by atoms with Crippen LogP contribution in [0.5, 0.6) is 5.75 Å². The van der Waals surface area contributed by atoms with E-state index in [9.17, 15) is 4.79 Å². The van der Waals surface area contributed by atoms with Crippen molar-refractivity contribution in [1.29, 1.82) is 0 Å². The van der Waals surface area contributed by atoms with Gasteiger partial charge in [0.25, 0.3) is 5.89 Å². The van der Waals surface area contributed by atoms with Crippen molar-refractivity contribution in [3.8, 4) is 5.75 Å². The zero-order valence-electron chi connectivity index (χ0n) is 15.0. The summed E-state index contributed by atoms with van der Waals surface area (Å²) in [5.74, 6) is 1.75. The van der Waals surface area contributed by atoms with Crippen molar-refractivity contribution >= 4 is 5.78 Å². The minimum absolute atomic E-state index is 0.0237. The van der Waals surface area contributed by atoms with Crippen molar-refractivity contribution in [2.75, 3.05) is 19.7 Å². The molecule has 1 aromatic heterocycles. The second-order valence-electron chi connectivity index (χ2n) is 7.10. The van der Waals surface area contributed by atoms with E-state index in [-0.39, 0.29) is 17.6 Å². The summed E-state index contributed by atoms with van der Waals surface area (Å²) in [6.45, 7) is 7.74. The van der Waals surface area contributed by atoms with E-state index in [0.29, 0.717) is 5.92 Å². The first kappa shape index (κ1) is 17.7. The molecule has 0 N–H and O–H groups in total. The number of hydrogen-bond donors (Lipinski definition) is 0. The van der Waals surface area contributed by atoms with Gasteiger partial charge < -0.3 is 9.15 Å². The number of rotatable bonds is 7. The number of benzene rings is 1. The fourth-order valence-corrected chi connectivity index (χ4v) is 3.13. The number of nitrogens with zero attached hydrogens (tertiary/aromatic N) is 2. The summed E-state index contributed by atoms with van der Waals surface area (Å²) in [5, 5.41) is 0. The first-order valence-corrected chi connectivity index (χ1v) is 8.99. The molecule has 0 saturated carbocycles. The number of aromatic nitrogens is 1. The smallest absolute Gasteiger partial charge is 0.263 e. The lowest BCUT2D eigenvalue weighted by molar-refractivity contribution is 0.0799. The first-order valence-electron chi connectivity index (χ1n) is 8.99. The second-order valence-corrected chi connectivity index (χ2v) is 7.10. The van der Waals surface area contributed by atoms with E-state index in [0.717, 1.165) is 44.8 Å². The van der Waals surface area contributed by atoms with Crippen molar-refractivity contribution < 1.29 is 13.9 Å². The van der Waals surface area contributed by atoms with Gasteiger partial charge in [-0.3, -0.25) is 9.69 Å². The first-order chi connectivity index (χ1) is 12.1. The monoisotopic (exact) mass is 342 g/mol. The van der Waals surface area contributed by atoms with Crippen molar-refractivity contribution in [3.05, 3.63) is 48.2 Å². The molecule has 0 unspecified atom stereocenters. The number of likely N-dealkylation sites (tertiary alicyclic amines) is 1. The van der Waals surface area contributed by atoms with E-state index in [1.807, 2.05) is 12.1 Å². The lowest BCUT2D eigenvalue weighted by Crippen LogP contribution is -2.36. The van der Waals surface area contributed by atoms with Crippen molar-refractivity contribution in [2.24, 2.45) is 11.8 Å². The molecule has 1 aliphatic rings. The van der Waals surface area contributed by atoms with Crippen LogP contribution < -0.4 is 4.74 Å². The molecule has 1 aliphatic heterocycles. The summed E-state index contributed by atoms with van der Waals surface area (Å²) in [4.78, 5) is 18.7. The van der Waals surface area contributed by atoms with Crippen molar-refractivity contribution in [1.82, 2.24) is 9.88 Å². The molecule has 3 rings (SSSR count). The zero-order chi connectivity index (χ0) is 17.6. The van der Waals surface area contributed by atoms with Gasteiger partial charge in [0.1, 0.15) is 12.0 Å². The van der Waals surface area contributed by atoms with Crippen LogP contribution in [0.1, 0.15) is 42.9 Å². The number of piperidine rings is 1.